The van der Waals surface area contributed by atoms with Gasteiger partial charge in [-0.1, -0.05) is 23.8 Å². The van der Waals surface area contributed by atoms with E-state index in [0.29, 0.717) is 6.47 Å². The number of pyridine rings is 1. The molecular weight excluding hydrogens is 264 g/mol. The van der Waals surface area contributed by atoms with Crippen molar-refractivity contribution in [2.45, 2.75) is 33.4 Å². The highest BCUT2D eigenvalue weighted by atomic mass is 16.5. The number of fused-ring (bicyclic) bond motifs is 2. The first-order valence-corrected chi connectivity index (χ1v) is 7.04. The summed E-state index contributed by atoms with van der Waals surface area (Å²) in [5.74, 6) is 0.867. The summed E-state index contributed by atoms with van der Waals surface area (Å²) >= 11 is 0. The smallest absolute Gasteiger partial charge is 0.295 e. The summed E-state index contributed by atoms with van der Waals surface area (Å²) in [6, 6.07) is 8.35. The number of ether oxygens (including phenoxy) is 1. The maximum absolute atomic E-state index is 10.8. The number of nitrogens with zero attached hydrogens (tertiary/aromatic N) is 2. The molecule has 0 radical (unpaired) electrons. The fourth-order valence-corrected chi connectivity index (χ4v) is 3.12. The second-order valence-corrected chi connectivity index (χ2v) is 5.45. The molecule has 1 unspecified atom stereocenters. The molecule has 0 amide bonds. The molecule has 108 valence electrons. The largest absolute Gasteiger partial charge is 0.444 e. The van der Waals surface area contributed by atoms with Crippen molar-refractivity contribution in [1.29, 1.82) is 0 Å². The topological polar surface area (TPSA) is 42.4 Å². The molecule has 1 aliphatic heterocycles. The van der Waals surface area contributed by atoms with Crippen LogP contribution in [0.15, 0.2) is 30.5 Å². The Kier molecular flexibility index (Phi) is 3.37. The first-order valence-electron chi connectivity index (χ1n) is 7.04. The zero-order valence-electron chi connectivity index (χ0n) is 12.5. The van der Waals surface area contributed by atoms with E-state index in [4.69, 9.17) is 4.74 Å². The SMILES string of the molecule is Cc1cc(C)c2c(c1)Cc1cccnc1N2C(C)OC=O. The number of carbonyl (C=O) groups is 1. The maximum Gasteiger partial charge on any atom is 0.295 e. The number of hydrogen-bond acceptors (Lipinski definition) is 4. The summed E-state index contributed by atoms with van der Waals surface area (Å²) in [5.41, 5.74) is 5.90. The van der Waals surface area contributed by atoms with Gasteiger partial charge in [0.15, 0.2) is 6.23 Å². The first-order chi connectivity index (χ1) is 10.1. The van der Waals surface area contributed by atoms with Gasteiger partial charge in [-0.3, -0.25) is 9.69 Å². The summed E-state index contributed by atoms with van der Waals surface area (Å²) in [4.78, 5) is 17.3. The third-order valence-electron chi connectivity index (χ3n) is 3.86. The molecule has 3 rings (SSSR count). The molecule has 0 saturated carbocycles. The molecule has 0 fully saturated rings. The average molecular weight is 282 g/mol. The van der Waals surface area contributed by atoms with Crippen molar-refractivity contribution in [3.05, 3.63) is 52.7 Å². The molecule has 4 heteroatoms. The summed E-state index contributed by atoms with van der Waals surface area (Å²) < 4.78 is 5.19. The number of aromatic nitrogens is 1. The van der Waals surface area contributed by atoms with Crippen molar-refractivity contribution in [2.24, 2.45) is 0 Å². The first kappa shape index (κ1) is 13.6. The summed E-state index contributed by atoms with van der Waals surface area (Å²) in [6.07, 6.45) is 2.23. The average Bonchev–Trinajstić information content (AvgIpc) is 2.45. The van der Waals surface area contributed by atoms with Gasteiger partial charge in [0.05, 0.1) is 5.69 Å². The minimum Gasteiger partial charge on any atom is -0.444 e. The molecule has 0 bridgehead atoms. The van der Waals surface area contributed by atoms with Crippen LogP contribution in [0, 0.1) is 13.8 Å². The van der Waals surface area contributed by atoms with E-state index in [1.54, 1.807) is 6.20 Å². The van der Waals surface area contributed by atoms with Crippen LogP contribution in [0.4, 0.5) is 11.5 Å². The Morgan fingerprint density at radius 3 is 2.90 bits per heavy atom. The molecule has 1 aromatic heterocycles. The number of anilines is 2. The van der Waals surface area contributed by atoms with Crippen LogP contribution < -0.4 is 4.90 Å². The van der Waals surface area contributed by atoms with Crippen molar-refractivity contribution in [2.75, 3.05) is 4.90 Å². The Bertz CT molecular complexity index is 697. The third-order valence-corrected chi connectivity index (χ3v) is 3.86. The number of rotatable bonds is 3. The summed E-state index contributed by atoms with van der Waals surface area (Å²) in [7, 11) is 0. The van der Waals surface area contributed by atoms with E-state index in [9.17, 15) is 4.79 Å². The summed E-state index contributed by atoms with van der Waals surface area (Å²) in [6.45, 7) is 6.54. The molecule has 1 aliphatic rings. The van der Waals surface area contributed by atoms with Crippen molar-refractivity contribution in [3.8, 4) is 0 Å². The van der Waals surface area contributed by atoms with E-state index in [0.717, 1.165) is 23.5 Å². The standard InChI is InChI=1S/C17H18N2O2/c1-11-7-12(2)16-15(8-11)9-14-5-4-6-18-17(14)19(16)13(3)21-10-20/h4-8,10,13H,9H2,1-3H3. The Labute approximate surface area is 124 Å². The number of aryl methyl sites for hydroxylation is 2. The Hall–Kier alpha value is -2.36. The van der Waals surface area contributed by atoms with Crippen LogP contribution in [-0.2, 0) is 16.0 Å². The minimum absolute atomic E-state index is 0.392. The van der Waals surface area contributed by atoms with Crippen LogP contribution in [0.2, 0.25) is 0 Å². The quantitative estimate of drug-likeness (QED) is 0.810. The van der Waals surface area contributed by atoms with Gasteiger partial charge in [0.2, 0.25) is 0 Å². The zero-order valence-corrected chi connectivity index (χ0v) is 12.5. The number of hydrogen-bond donors (Lipinski definition) is 0. The Morgan fingerprint density at radius 2 is 2.14 bits per heavy atom. The maximum atomic E-state index is 10.8. The molecule has 0 aliphatic carbocycles. The molecule has 2 heterocycles. The minimum atomic E-state index is -0.392. The van der Waals surface area contributed by atoms with Gasteiger partial charge in [0.25, 0.3) is 6.47 Å². The molecule has 0 spiro atoms. The zero-order chi connectivity index (χ0) is 15.0. The van der Waals surface area contributed by atoms with Gasteiger partial charge in [-0.15, -0.1) is 0 Å². The monoisotopic (exact) mass is 282 g/mol. The van der Waals surface area contributed by atoms with E-state index in [-0.39, 0.29) is 0 Å². The van der Waals surface area contributed by atoms with Gasteiger partial charge in [0, 0.05) is 12.6 Å². The Balaban J connectivity index is 2.21. The van der Waals surface area contributed by atoms with Crippen molar-refractivity contribution in [3.63, 3.8) is 0 Å². The molecule has 21 heavy (non-hydrogen) atoms. The van der Waals surface area contributed by atoms with Crippen LogP contribution in [-0.4, -0.2) is 17.7 Å². The van der Waals surface area contributed by atoms with Crippen molar-refractivity contribution < 1.29 is 9.53 Å². The lowest BCUT2D eigenvalue weighted by atomic mass is 9.93. The molecule has 1 aromatic carbocycles. The fraction of sp³-hybridized carbons (Fsp3) is 0.294. The lowest BCUT2D eigenvalue weighted by Gasteiger charge is -2.36. The predicted octanol–water partition coefficient (Wildman–Crippen LogP) is 3.26. The van der Waals surface area contributed by atoms with Crippen LogP contribution >= 0.6 is 0 Å². The van der Waals surface area contributed by atoms with Gasteiger partial charge >= 0.3 is 0 Å². The number of carbonyl (C=O) groups excluding carboxylic acids is 1. The van der Waals surface area contributed by atoms with E-state index < -0.39 is 6.23 Å². The molecular formula is C17H18N2O2. The van der Waals surface area contributed by atoms with Gasteiger partial charge in [0.1, 0.15) is 5.82 Å². The highest BCUT2D eigenvalue weighted by Gasteiger charge is 2.29. The van der Waals surface area contributed by atoms with Crippen LogP contribution in [0.25, 0.3) is 0 Å². The molecule has 0 N–H and O–H groups in total. The van der Waals surface area contributed by atoms with Crippen LogP contribution in [0.3, 0.4) is 0 Å². The fourth-order valence-electron chi connectivity index (χ4n) is 3.12. The van der Waals surface area contributed by atoms with E-state index in [1.165, 1.54) is 16.7 Å². The van der Waals surface area contributed by atoms with E-state index >= 15 is 0 Å². The predicted molar refractivity (Wildman–Crippen MR) is 81.7 cm³/mol. The van der Waals surface area contributed by atoms with Gasteiger partial charge < -0.3 is 4.74 Å². The second kappa shape index (κ2) is 5.20. The van der Waals surface area contributed by atoms with Gasteiger partial charge in [-0.25, -0.2) is 4.98 Å². The summed E-state index contributed by atoms with van der Waals surface area (Å²) in [5, 5.41) is 0. The highest BCUT2D eigenvalue weighted by Crippen LogP contribution is 2.41. The lowest BCUT2D eigenvalue weighted by Crippen LogP contribution is -2.35. The Morgan fingerprint density at radius 1 is 1.33 bits per heavy atom. The lowest BCUT2D eigenvalue weighted by molar-refractivity contribution is -0.132. The molecule has 1 atom stereocenters. The third kappa shape index (κ3) is 2.27. The van der Waals surface area contributed by atoms with Crippen LogP contribution in [0.1, 0.15) is 29.2 Å². The molecule has 2 aromatic rings. The van der Waals surface area contributed by atoms with Crippen molar-refractivity contribution in [1.82, 2.24) is 4.98 Å². The van der Waals surface area contributed by atoms with Gasteiger partial charge in [-0.2, -0.15) is 0 Å². The number of benzene rings is 1. The van der Waals surface area contributed by atoms with Crippen molar-refractivity contribution >= 4 is 18.0 Å². The second-order valence-electron chi connectivity index (χ2n) is 5.45. The molecule has 4 nitrogen and oxygen atoms in total. The normalized spacial score (nSPS) is 14.1. The van der Waals surface area contributed by atoms with Gasteiger partial charge in [-0.05, 0) is 43.5 Å². The highest BCUT2D eigenvalue weighted by molar-refractivity contribution is 5.75. The van der Waals surface area contributed by atoms with E-state index in [2.05, 4.69) is 37.0 Å². The van der Waals surface area contributed by atoms with Crippen LogP contribution in [0.5, 0.6) is 0 Å². The molecule has 0 saturated heterocycles. The van der Waals surface area contributed by atoms with E-state index in [1.807, 2.05) is 17.9 Å².